The van der Waals surface area contributed by atoms with Crippen LogP contribution in [-0.2, 0) is 4.74 Å². The Kier molecular flexibility index (Phi) is 5.85. The SMILES string of the molecule is Nc1cc(Cl)c(C#CCNC(=O)OCC2c3ccccc3-c3ccccc32)cc1Cl. The molecule has 0 aliphatic heterocycles. The maximum absolute atomic E-state index is 12.1. The molecule has 3 N–H and O–H groups in total. The first-order valence-corrected chi connectivity index (χ1v) is 10.1. The Hall–Kier alpha value is -3.13. The number of hydrogen-bond donors (Lipinski definition) is 2. The summed E-state index contributed by atoms with van der Waals surface area (Å²) in [4.78, 5) is 12.1. The maximum atomic E-state index is 12.1. The van der Waals surface area contributed by atoms with Crippen molar-refractivity contribution in [2.75, 3.05) is 18.9 Å². The van der Waals surface area contributed by atoms with Crippen LogP contribution >= 0.6 is 23.2 Å². The number of anilines is 1. The van der Waals surface area contributed by atoms with Gasteiger partial charge in [0.25, 0.3) is 0 Å². The van der Waals surface area contributed by atoms with Crippen LogP contribution < -0.4 is 11.1 Å². The minimum Gasteiger partial charge on any atom is -0.449 e. The van der Waals surface area contributed by atoms with E-state index < -0.39 is 6.09 Å². The average Bonchev–Trinajstić information content (AvgIpc) is 3.07. The molecule has 150 valence electrons. The van der Waals surface area contributed by atoms with E-state index in [1.165, 1.54) is 22.3 Å². The number of benzene rings is 3. The van der Waals surface area contributed by atoms with Crippen LogP contribution in [0.25, 0.3) is 11.1 Å². The van der Waals surface area contributed by atoms with Crippen LogP contribution in [0.2, 0.25) is 10.0 Å². The third kappa shape index (κ3) is 4.09. The number of hydrogen-bond acceptors (Lipinski definition) is 3. The van der Waals surface area contributed by atoms with E-state index in [0.717, 1.165) is 0 Å². The number of nitrogens with two attached hydrogens (primary N) is 1. The molecule has 0 spiro atoms. The number of nitrogens with one attached hydrogen (secondary N) is 1. The van der Waals surface area contributed by atoms with Gasteiger partial charge in [0, 0.05) is 11.5 Å². The first kappa shape index (κ1) is 20.2. The lowest BCUT2D eigenvalue weighted by molar-refractivity contribution is 0.144. The highest BCUT2D eigenvalue weighted by molar-refractivity contribution is 6.35. The van der Waals surface area contributed by atoms with Crippen molar-refractivity contribution in [1.82, 2.24) is 5.32 Å². The largest absolute Gasteiger partial charge is 0.449 e. The highest BCUT2D eigenvalue weighted by atomic mass is 35.5. The third-order valence-electron chi connectivity index (χ3n) is 4.97. The molecule has 0 atom stereocenters. The van der Waals surface area contributed by atoms with Crippen LogP contribution in [0.15, 0.2) is 60.7 Å². The third-order valence-corrected chi connectivity index (χ3v) is 5.61. The number of nitrogen functional groups attached to an aromatic ring is 1. The minimum atomic E-state index is -0.521. The summed E-state index contributed by atoms with van der Waals surface area (Å²) in [6.07, 6.45) is -0.521. The normalized spacial score (nSPS) is 11.8. The molecule has 0 aromatic heterocycles. The summed E-state index contributed by atoms with van der Waals surface area (Å²) in [5.41, 5.74) is 11.3. The molecule has 6 heteroatoms. The fraction of sp³-hybridized carbons (Fsp3) is 0.125. The molecule has 1 amide bonds. The number of ether oxygens (including phenoxy) is 1. The number of alkyl carbamates (subject to hydrolysis) is 1. The fourth-order valence-corrected chi connectivity index (χ4v) is 3.95. The van der Waals surface area contributed by atoms with E-state index in [1.807, 2.05) is 24.3 Å². The van der Waals surface area contributed by atoms with Gasteiger partial charge in [0.05, 0.1) is 22.3 Å². The van der Waals surface area contributed by atoms with Crippen molar-refractivity contribution in [1.29, 1.82) is 0 Å². The van der Waals surface area contributed by atoms with Crippen molar-refractivity contribution in [3.63, 3.8) is 0 Å². The number of fused-ring (bicyclic) bond motifs is 3. The Balaban J connectivity index is 1.36. The van der Waals surface area contributed by atoms with Crippen LogP contribution in [-0.4, -0.2) is 19.2 Å². The molecule has 1 aliphatic carbocycles. The molecule has 0 saturated heterocycles. The summed E-state index contributed by atoms with van der Waals surface area (Å²) in [5, 5.41) is 3.43. The van der Waals surface area contributed by atoms with Gasteiger partial charge in [-0.25, -0.2) is 4.79 Å². The summed E-state index contributed by atoms with van der Waals surface area (Å²) in [6, 6.07) is 19.5. The Bertz CT molecular complexity index is 1140. The number of rotatable bonds is 3. The lowest BCUT2D eigenvalue weighted by Gasteiger charge is -2.14. The number of amides is 1. The molecule has 0 saturated carbocycles. The molecule has 4 rings (SSSR count). The summed E-state index contributed by atoms with van der Waals surface area (Å²) in [6.45, 7) is 0.377. The molecular weight excluding hydrogens is 419 g/mol. The maximum Gasteiger partial charge on any atom is 0.407 e. The van der Waals surface area contributed by atoms with Crippen LogP contribution in [0.5, 0.6) is 0 Å². The van der Waals surface area contributed by atoms with Crippen LogP contribution in [0, 0.1) is 11.8 Å². The predicted octanol–water partition coefficient (Wildman–Crippen LogP) is 5.47. The predicted molar refractivity (Wildman–Crippen MR) is 121 cm³/mol. The first-order chi connectivity index (χ1) is 14.5. The van der Waals surface area contributed by atoms with Crippen molar-refractivity contribution < 1.29 is 9.53 Å². The Morgan fingerprint density at radius 1 is 1.00 bits per heavy atom. The fourth-order valence-electron chi connectivity index (χ4n) is 3.56. The first-order valence-electron chi connectivity index (χ1n) is 9.37. The van der Waals surface area contributed by atoms with E-state index in [1.54, 1.807) is 12.1 Å². The van der Waals surface area contributed by atoms with Gasteiger partial charge in [0.1, 0.15) is 6.61 Å². The molecule has 30 heavy (non-hydrogen) atoms. The van der Waals surface area contributed by atoms with Gasteiger partial charge in [0.2, 0.25) is 0 Å². The molecule has 4 nitrogen and oxygen atoms in total. The second-order valence-corrected chi connectivity index (χ2v) is 7.65. The second-order valence-electron chi connectivity index (χ2n) is 6.83. The summed E-state index contributed by atoms with van der Waals surface area (Å²) >= 11 is 12.1. The van der Waals surface area contributed by atoms with E-state index in [4.69, 9.17) is 33.7 Å². The molecular formula is C24H18Cl2N2O2. The second kappa shape index (κ2) is 8.71. The van der Waals surface area contributed by atoms with Gasteiger partial charge in [-0.2, -0.15) is 0 Å². The lowest BCUT2D eigenvalue weighted by atomic mass is 9.98. The van der Waals surface area contributed by atoms with Gasteiger partial charge in [-0.15, -0.1) is 0 Å². The highest BCUT2D eigenvalue weighted by Crippen LogP contribution is 2.44. The Morgan fingerprint density at radius 3 is 2.30 bits per heavy atom. The van der Waals surface area contributed by atoms with Gasteiger partial charge in [0.15, 0.2) is 0 Å². The molecule has 0 heterocycles. The zero-order chi connectivity index (χ0) is 21.1. The minimum absolute atomic E-state index is 0.0185. The molecule has 0 unspecified atom stereocenters. The molecule has 3 aromatic carbocycles. The quantitative estimate of drug-likeness (QED) is 0.422. The smallest absolute Gasteiger partial charge is 0.407 e. The van der Waals surface area contributed by atoms with E-state index in [2.05, 4.69) is 41.4 Å². The summed E-state index contributed by atoms with van der Waals surface area (Å²) in [5.74, 6) is 5.72. The van der Waals surface area contributed by atoms with E-state index in [9.17, 15) is 4.79 Å². The van der Waals surface area contributed by atoms with Gasteiger partial charge < -0.3 is 15.8 Å². The number of carbonyl (C=O) groups excluding carboxylic acids is 1. The number of carbonyl (C=O) groups is 1. The molecule has 0 fully saturated rings. The van der Waals surface area contributed by atoms with E-state index in [-0.39, 0.29) is 19.1 Å². The summed E-state index contributed by atoms with van der Waals surface area (Å²) in [7, 11) is 0. The van der Waals surface area contributed by atoms with E-state index in [0.29, 0.717) is 21.3 Å². The van der Waals surface area contributed by atoms with Gasteiger partial charge in [-0.1, -0.05) is 83.6 Å². The van der Waals surface area contributed by atoms with Crippen molar-refractivity contribution in [3.8, 4) is 23.0 Å². The monoisotopic (exact) mass is 436 g/mol. The molecule has 1 aliphatic rings. The van der Waals surface area contributed by atoms with Crippen molar-refractivity contribution >= 4 is 35.0 Å². The van der Waals surface area contributed by atoms with Crippen LogP contribution in [0.4, 0.5) is 10.5 Å². The zero-order valence-electron chi connectivity index (χ0n) is 15.9. The van der Waals surface area contributed by atoms with Gasteiger partial charge in [-0.05, 0) is 34.4 Å². The lowest BCUT2D eigenvalue weighted by Crippen LogP contribution is -2.26. The van der Waals surface area contributed by atoms with Crippen molar-refractivity contribution in [2.24, 2.45) is 0 Å². The van der Waals surface area contributed by atoms with Gasteiger partial charge in [-0.3, -0.25) is 0 Å². The average molecular weight is 437 g/mol. The number of halogens is 2. The molecule has 0 radical (unpaired) electrons. The van der Waals surface area contributed by atoms with Crippen LogP contribution in [0.3, 0.4) is 0 Å². The molecule has 0 bridgehead atoms. The highest BCUT2D eigenvalue weighted by Gasteiger charge is 2.28. The topological polar surface area (TPSA) is 64.3 Å². The summed E-state index contributed by atoms with van der Waals surface area (Å²) < 4.78 is 5.47. The standard InChI is InChI=1S/C24H18Cl2N2O2/c25-21-13-23(27)22(26)12-15(21)6-5-11-28-24(29)30-14-20-18-9-3-1-7-16(18)17-8-2-4-10-19(17)20/h1-4,7-10,12-13,20H,11,14,27H2,(H,28,29). The Morgan fingerprint density at radius 2 is 1.63 bits per heavy atom. The van der Waals surface area contributed by atoms with Crippen molar-refractivity contribution in [2.45, 2.75) is 5.92 Å². The Labute approximate surface area is 184 Å². The van der Waals surface area contributed by atoms with Crippen molar-refractivity contribution in [3.05, 3.63) is 87.4 Å². The van der Waals surface area contributed by atoms with Crippen LogP contribution in [0.1, 0.15) is 22.6 Å². The zero-order valence-corrected chi connectivity index (χ0v) is 17.4. The van der Waals surface area contributed by atoms with Gasteiger partial charge >= 0.3 is 6.09 Å². The van der Waals surface area contributed by atoms with E-state index >= 15 is 0 Å². The molecule has 3 aromatic rings.